The third kappa shape index (κ3) is 6.78. The molecule has 4 aromatic rings. The SMILES string of the molecule is COc1cc(CCC(=O)C(C(O)CCc2ccc(O)c3c2CCCO3)C2(c3ccnc(N)c3)CCC(O)C2Cc2ccc[n-]2)cc(O)c1O. The van der Waals surface area contributed by atoms with E-state index in [0.717, 1.165) is 35.2 Å². The first kappa shape index (κ1) is 34.1. The van der Waals surface area contributed by atoms with E-state index < -0.39 is 29.5 Å². The highest BCUT2D eigenvalue weighted by atomic mass is 16.5. The van der Waals surface area contributed by atoms with E-state index in [1.54, 1.807) is 30.6 Å². The zero-order valence-corrected chi connectivity index (χ0v) is 27.6. The Hall–Kier alpha value is -4.74. The zero-order valence-electron chi connectivity index (χ0n) is 27.6. The first-order valence-electron chi connectivity index (χ1n) is 16.8. The third-order valence-electron chi connectivity index (χ3n) is 10.5. The molecule has 0 bridgehead atoms. The minimum atomic E-state index is -1.13. The molecule has 1 aliphatic heterocycles. The van der Waals surface area contributed by atoms with Crippen LogP contribution in [0, 0.1) is 11.8 Å². The number of methoxy groups -OCH3 is 1. The fourth-order valence-corrected chi connectivity index (χ4v) is 8.21. The van der Waals surface area contributed by atoms with Crippen molar-refractivity contribution in [3.05, 3.63) is 88.9 Å². The van der Waals surface area contributed by atoms with Crippen LogP contribution in [0.2, 0.25) is 0 Å². The number of ether oxygens (including phenoxy) is 2. The van der Waals surface area contributed by atoms with Gasteiger partial charge >= 0.3 is 0 Å². The van der Waals surface area contributed by atoms with Crippen LogP contribution in [0.4, 0.5) is 5.82 Å². The van der Waals surface area contributed by atoms with Gasteiger partial charge in [0.1, 0.15) is 11.6 Å². The van der Waals surface area contributed by atoms with Gasteiger partial charge in [0, 0.05) is 23.6 Å². The predicted octanol–water partition coefficient (Wildman–Crippen LogP) is 4.13. The van der Waals surface area contributed by atoms with Crippen molar-refractivity contribution in [2.75, 3.05) is 19.5 Å². The summed E-state index contributed by atoms with van der Waals surface area (Å²) in [7, 11) is 1.38. The molecule has 2 aliphatic rings. The molecule has 0 spiro atoms. The molecule has 2 aromatic carbocycles. The maximum Gasteiger partial charge on any atom is 0.200 e. The van der Waals surface area contributed by atoms with Gasteiger partial charge in [0.25, 0.3) is 0 Å². The van der Waals surface area contributed by atoms with Crippen molar-refractivity contribution < 1.29 is 39.8 Å². The largest absolute Gasteiger partial charge is 0.668 e. The fourth-order valence-electron chi connectivity index (χ4n) is 8.21. The average molecular weight is 671 g/mol. The number of pyridine rings is 1. The quantitative estimate of drug-likeness (QED) is 0.112. The van der Waals surface area contributed by atoms with Crippen molar-refractivity contribution in [1.82, 2.24) is 9.97 Å². The standard InChI is InChI=1S/C38H44N3O8/c1-48-33-19-22(18-32(46)36(33)47)6-9-29(43)35(30(44)10-7-23-8-11-31(45)37-26(23)5-3-17-49-37)38(24-13-16-41-34(39)20-24)14-12-28(42)27(38)21-25-4-2-15-40-25/h2,4,8,11,13,15-16,18-20,27-28,30,35,42,44-47H,3,5-7,9-10,12,14,17,21H2,1H3,(H2,39,41)/q-1. The molecule has 5 unspecified atom stereocenters. The number of aliphatic hydroxyl groups is 2. The summed E-state index contributed by atoms with van der Waals surface area (Å²) < 4.78 is 11.0. The number of fused-ring (bicyclic) bond motifs is 1. The Bertz CT molecular complexity index is 1780. The molecule has 0 saturated heterocycles. The van der Waals surface area contributed by atoms with Crippen molar-refractivity contribution in [2.45, 2.75) is 75.4 Å². The van der Waals surface area contributed by atoms with Gasteiger partial charge < -0.3 is 45.7 Å². The van der Waals surface area contributed by atoms with Crippen LogP contribution in [0.15, 0.2) is 60.9 Å². The number of benzene rings is 2. The summed E-state index contributed by atoms with van der Waals surface area (Å²) in [6.07, 6.45) is 5.06. The van der Waals surface area contributed by atoms with Gasteiger partial charge in [0.05, 0.1) is 31.8 Å². The topological polar surface area (TPSA) is 190 Å². The van der Waals surface area contributed by atoms with Crippen molar-refractivity contribution in [1.29, 1.82) is 0 Å². The Morgan fingerprint density at radius 3 is 2.73 bits per heavy atom. The lowest BCUT2D eigenvalue weighted by Gasteiger charge is -2.45. The lowest BCUT2D eigenvalue weighted by molar-refractivity contribution is -0.132. The summed E-state index contributed by atoms with van der Waals surface area (Å²) in [6, 6.07) is 13.7. The van der Waals surface area contributed by atoms with Crippen molar-refractivity contribution in [3.63, 3.8) is 0 Å². The molecule has 11 nitrogen and oxygen atoms in total. The van der Waals surface area contributed by atoms with Crippen LogP contribution in [-0.4, -0.2) is 62.2 Å². The Kier molecular flexibility index (Phi) is 10.0. The number of carbonyl (C=O) groups is 1. The number of carbonyl (C=O) groups excluding carboxylic acids is 1. The predicted molar refractivity (Wildman–Crippen MR) is 182 cm³/mol. The monoisotopic (exact) mass is 670 g/mol. The van der Waals surface area contributed by atoms with E-state index in [4.69, 9.17) is 15.2 Å². The molecule has 1 fully saturated rings. The second-order valence-corrected chi connectivity index (χ2v) is 13.3. The first-order chi connectivity index (χ1) is 23.6. The lowest BCUT2D eigenvalue weighted by Crippen LogP contribution is -2.51. The van der Waals surface area contributed by atoms with Gasteiger partial charge in [-0.1, -0.05) is 18.2 Å². The number of hydrogen-bond donors (Lipinski definition) is 6. The lowest BCUT2D eigenvalue weighted by atomic mass is 9.58. The summed E-state index contributed by atoms with van der Waals surface area (Å²) in [5, 5.41) is 54.8. The number of rotatable bonds is 13. The molecule has 260 valence electrons. The minimum absolute atomic E-state index is 0.0112. The first-order valence-corrected chi connectivity index (χ1v) is 16.8. The molecule has 0 radical (unpaired) electrons. The molecular weight excluding hydrogens is 626 g/mol. The molecule has 11 heteroatoms. The summed E-state index contributed by atoms with van der Waals surface area (Å²) in [5.74, 6) is -1.46. The van der Waals surface area contributed by atoms with Gasteiger partial charge in [-0.15, -0.1) is 0 Å². The number of ketones is 1. The third-order valence-corrected chi connectivity index (χ3v) is 10.5. The van der Waals surface area contributed by atoms with E-state index in [0.29, 0.717) is 43.6 Å². The van der Waals surface area contributed by atoms with Gasteiger partial charge in [-0.25, -0.2) is 4.98 Å². The van der Waals surface area contributed by atoms with E-state index in [2.05, 4.69) is 9.97 Å². The Labute approximate surface area is 285 Å². The maximum absolute atomic E-state index is 14.8. The highest BCUT2D eigenvalue weighted by Gasteiger charge is 2.57. The average Bonchev–Trinajstić information content (AvgIpc) is 3.74. The van der Waals surface area contributed by atoms with E-state index in [9.17, 15) is 30.3 Å². The highest BCUT2D eigenvalue weighted by molar-refractivity contribution is 5.84. The molecule has 1 saturated carbocycles. The van der Waals surface area contributed by atoms with Crippen LogP contribution in [-0.2, 0) is 35.9 Å². The number of nitrogens with two attached hydrogens (primary N) is 1. The second kappa shape index (κ2) is 14.4. The summed E-state index contributed by atoms with van der Waals surface area (Å²) in [6.45, 7) is 0.521. The maximum atomic E-state index is 14.8. The number of aromatic hydroxyl groups is 3. The number of hydrogen-bond acceptors (Lipinski definition) is 10. The van der Waals surface area contributed by atoms with E-state index >= 15 is 0 Å². The Morgan fingerprint density at radius 1 is 1.14 bits per heavy atom. The van der Waals surface area contributed by atoms with E-state index in [-0.39, 0.29) is 53.9 Å². The van der Waals surface area contributed by atoms with Gasteiger partial charge in [0.15, 0.2) is 23.0 Å². The van der Waals surface area contributed by atoms with E-state index in [1.165, 1.54) is 13.2 Å². The van der Waals surface area contributed by atoms with Crippen LogP contribution < -0.4 is 20.2 Å². The van der Waals surface area contributed by atoms with Crippen LogP contribution >= 0.6 is 0 Å². The molecule has 7 N–H and O–H groups in total. The summed E-state index contributed by atoms with van der Waals surface area (Å²) in [5.41, 5.74) is 9.15. The number of aryl methyl sites for hydroxylation is 2. The molecule has 3 heterocycles. The Morgan fingerprint density at radius 2 is 1.98 bits per heavy atom. The van der Waals surface area contributed by atoms with Gasteiger partial charge in [-0.2, -0.15) is 11.9 Å². The Balaban J connectivity index is 1.40. The van der Waals surface area contributed by atoms with Crippen molar-refractivity contribution in [2.24, 2.45) is 11.8 Å². The summed E-state index contributed by atoms with van der Waals surface area (Å²) in [4.78, 5) is 23.5. The van der Waals surface area contributed by atoms with Gasteiger partial charge in [-0.05, 0) is 104 Å². The van der Waals surface area contributed by atoms with Crippen LogP contribution in [0.5, 0.6) is 28.7 Å². The molecule has 2 aromatic heterocycles. The molecule has 0 amide bonds. The van der Waals surface area contributed by atoms with Crippen molar-refractivity contribution >= 4 is 11.6 Å². The summed E-state index contributed by atoms with van der Waals surface area (Å²) >= 11 is 0. The number of Topliss-reactive ketones (excluding diaryl/α,β-unsaturated/α-hetero) is 1. The normalized spacial score (nSPS) is 21.4. The number of nitrogen functional groups attached to an aromatic ring is 1. The molecule has 5 atom stereocenters. The number of nitrogens with zero attached hydrogens (tertiary/aromatic N) is 2. The highest BCUT2D eigenvalue weighted by Crippen LogP contribution is 2.54. The van der Waals surface area contributed by atoms with Gasteiger partial charge in [-0.3, -0.25) is 4.79 Å². The number of phenols is 3. The molecule has 49 heavy (non-hydrogen) atoms. The van der Waals surface area contributed by atoms with Crippen molar-refractivity contribution in [3.8, 4) is 28.7 Å². The molecular formula is C38H44N3O8-. The fraction of sp³-hybridized carbons (Fsp3) is 0.421. The van der Waals surface area contributed by atoms with E-state index in [1.807, 2.05) is 24.3 Å². The van der Waals surface area contributed by atoms with Crippen LogP contribution in [0.3, 0.4) is 0 Å². The smallest absolute Gasteiger partial charge is 0.200 e. The zero-order chi connectivity index (χ0) is 34.7. The van der Waals surface area contributed by atoms with Crippen LogP contribution in [0.25, 0.3) is 0 Å². The van der Waals surface area contributed by atoms with Gasteiger partial charge in [0.2, 0.25) is 5.75 Å². The number of aliphatic hydroxyl groups excluding tert-OH is 2. The number of phenolic OH excluding ortho intramolecular Hbond substituents is 3. The molecule has 6 rings (SSSR count). The minimum Gasteiger partial charge on any atom is -0.668 e. The molecule has 1 aliphatic carbocycles. The van der Waals surface area contributed by atoms with Crippen LogP contribution in [0.1, 0.15) is 60.1 Å². The number of aromatic nitrogens is 2. The number of anilines is 1. The second-order valence-electron chi connectivity index (χ2n) is 13.3.